The molecule has 0 radical (unpaired) electrons. The van der Waals surface area contributed by atoms with Gasteiger partial charge >= 0.3 is 5.97 Å². The molecule has 0 rings (SSSR count). The summed E-state index contributed by atoms with van der Waals surface area (Å²) in [6, 6.07) is -1.55. The van der Waals surface area contributed by atoms with E-state index in [1.54, 1.807) is 0 Å². The van der Waals surface area contributed by atoms with Crippen molar-refractivity contribution in [1.82, 2.24) is 16.0 Å². The van der Waals surface area contributed by atoms with Crippen LogP contribution in [-0.2, 0) is 19.2 Å². The smallest absolute Gasteiger partial charge is 0.322 e. The molecule has 0 fully saturated rings. The average molecular weight is 316 g/mol. The van der Waals surface area contributed by atoms with Gasteiger partial charge in [-0.25, -0.2) is 0 Å². The lowest BCUT2D eigenvalue weighted by atomic mass is 10.0. The van der Waals surface area contributed by atoms with Crippen molar-refractivity contribution in [3.63, 3.8) is 0 Å². The average Bonchev–Trinajstić information content (AvgIpc) is 2.41. The Hall–Kier alpha value is -2.16. The minimum atomic E-state index is -1.18. The zero-order valence-corrected chi connectivity index (χ0v) is 13.0. The predicted molar refractivity (Wildman–Crippen MR) is 78.7 cm³/mol. The molecule has 0 saturated carbocycles. The lowest BCUT2D eigenvalue weighted by molar-refractivity contribution is -0.138. The number of carboxylic acids is 1. The topological polar surface area (TPSA) is 151 Å². The maximum absolute atomic E-state index is 11.7. The molecule has 2 unspecified atom stereocenters. The van der Waals surface area contributed by atoms with E-state index in [0.29, 0.717) is 6.42 Å². The molecule has 0 aliphatic heterocycles. The molecule has 22 heavy (non-hydrogen) atoms. The summed E-state index contributed by atoms with van der Waals surface area (Å²) < 4.78 is 0. The molecule has 9 nitrogen and oxygen atoms in total. The summed E-state index contributed by atoms with van der Waals surface area (Å²) in [7, 11) is 0. The van der Waals surface area contributed by atoms with E-state index in [4.69, 9.17) is 10.8 Å². The number of carbonyl (C=O) groups is 4. The minimum Gasteiger partial charge on any atom is -0.480 e. The third-order valence-electron chi connectivity index (χ3n) is 2.67. The van der Waals surface area contributed by atoms with Gasteiger partial charge in [-0.05, 0) is 19.3 Å². The number of carboxylic acid groups (broad SMARTS) is 1. The molecule has 3 amide bonds. The number of rotatable bonds is 9. The van der Waals surface area contributed by atoms with Gasteiger partial charge in [0.1, 0.15) is 12.6 Å². The molecular formula is C13H24N4O5. The maximum atomic E-state index is 11.7. The number of hydrogen-bond donors (Lipinski definition) is 5. The second-order valence-corrected chi connectivity index (χ2v) is 5.35. The Kier molecular flexibility index (Phi) is 8.76. The van der Waals surface area contributed by atoms with Crippen LogP contribution in [0.25, 0.3) is 0 Å². The molecule has 0 aromatic heterocycles. The van der Waals surface area contributed by atoms with Gasteiger partial charge in [0.25, 0.3) is 0 Å². The van der Waals surface area contributed by atoms with Gasteiger partial charge in [-0.2, -0.15) is 0 Å². The summed E-state index contributed by atoms with van der Waals surface area (Å²) in [6.45, 7) is 4.43. The normalized spacial score (nSPS) is 13.1. The number of carbonyl (C=O) groups excluding carboxylic acids is 3. The second kappa shape index (κ2) is 9.72. The standard InChI is InChI=1S/C13H24N4O5/c1-7(2)4-9(14)13(22)17-8(3)12(21)16-5-10(18)15-6-11(19)20/h7-9H,4-6,14H2,1-3H3,(H,15,18)(H,16,21)(H,17,22)(H,19,20). The van der Waals surface area contributed by atoms with Crippen molar-refractivity contribution in [2.75, 3.05) is 13.1 Å². The molecule has 0 bridgehead atoms. The van der Waals surface area contributed by atoms with Crippen molar-refractivity contribution in [3.05, 3.63) is 0 Å². The minimum absolute atomic E-state index is 0.253. The molecular weight excluding hydrogens is 292 g/mol. The number of nitrogens with two attached hydrogens (primary N) is 1. The Morgan fingerprint density at radius 2 is 1.59 bits per heavy atom. The van der Waals surface area contributed by atoms with Crippen molar-refractivity contribution >= 4 is 23.7 Å². The molecule has 9 heteroatoms. The van der Waals surface area contributed by atoms with E-state index in [2.05, 4.69) is 16.0 Å². The Balaban J connectivity index is 4.13. The van der Waals surface area contributed by atoms with Crippen LogP contribution in [0.4, 0.5) is 0 Å². The van der Waals surface area contributed by atoms with E-state index >= 15 is 0 Å². The molecule has 0 spiro atoms. The summed E-state index contributed by atoms with van der Waals surface area (Å²) >= 11 is 0. The molecule has 0 aliphatic carbocycles. The van der Waals surface area contributed by atoms with Gasteiger partial charge in [0.05, 0.1) is 12.6 Å². The molecule has 0 saturated heterocycles. The highest BCUT2D eigenvalue weighted by atomic mass is 16.4. The lowest BCUT2D eigenvalue weighted by Gasteiger charge is -2.18. The van der Waals surface area contributed by atoms with Crippen LogP contribution in [0.1, 0.15) is 27.2 Å². The number of amides is 3. The van der Waals surface area contributed by atoms with Crippen molar-refractivity contribution in [2.24, 2.45) is 11.7 Å². The van der Waals surface area contributed by atoms with Gasteiger partial charge in [-0.15, -0.1) is 0 Å². The fourth-order valence-corrected chi connectivity index (χ4v) is 1.56. The van der Waals surface area contributed by atoms with Crippen LogP contribution in [0, 0.1) is 5.92 Å². The molecule has 0 heterocycles. The first-order valence-corrected chi connectivity index (χ1v) is 6.95. The first kappa shape index (κ1) is 19.8. The van der Waals surface area contributed by atoms with E-state index in [1.807, 2.05) is 13.8 Å². The van der Waals surface area contributed by atoms with Crippen LogP contribution >= 0.6 is 0 Å². The summed E-state index contributed by atoms with van der Waals surface area (Å²) in [5, 5.41) is 15.2. The van der Waals surface area contributed by atoms with Crippen LogP contribution in [0.5, 0.6) is 0 Å². The highest BCUT2D eigenvalue weighted by molar-refractivity contribution is 5.91. The van der Waals surface area contributed by atoms with Gasteiger partial charge < -0.3 is 26.8 Å². The fourth-order valence-electron chi connectivity index (χ4n) is 1.56. The highest BCUT2D eigenvalue weighted by Gasteiger charge is 2.20. The van der Waals surface area contributed by atoms with Gasteiger partial charge in [-0.1, -0.05) is 13.8 Å². The summed E-state index contributed by atoms with van der Waals surface area (Å²) in [4.78, 5) is 44.9. The summed E-state index contributed by atoms with van der Waals surface area (Å²) in [5.41, 5.74) is 5.69. The predicted octanol–water partition coefficient (Wildman–Crippen LogP) is -1.82. The zero-order chi connectivity index (χ0) is 17.3. The van der Waals surface area contributed by atoms with Crippen LogP contribution in [0.3, 0.4) is 0 Å². The Morgan fingerprint density at radius 1 is 1.00 bits per heavy atom. The van der Waals surface area contributed by atoms with E-state index in [1.165, 1.54) is 6.92 Å². The number of nitrogens with one attached hydrogen (secondary N) is 3. The van der Waals surface area contributed by atoms with Crippen LogP contribution in [-0.4, -0.2) is 54.0 Å². The zero-order valence-electron chi connectivity index (χ0n) is 13.0. The van der Waals surface area contributed by atoms with E-state index in [9.17, 15) is 19.2 Å². The highest BCUT2D eigenvalue weighted by Crippen LogP contribution is 2.02. The summed E-state index contributed by atoms with van der Waals surface area (Å²) in [5.74, 6) is -2.56. The van der Waals surface area contributed by atoms with E-state index < -0.39 is 42.3 Å². The molecule has 0 aliphatic rings. The monoisotopic (exact) mass is 316 g/mol. The fraction of sp³-hybridized carbons (Fsp3) is 0.692. The van der Waals surface area contributed by atoms with E-state index in [-0.39, 0.29) is 12.5 Å². The molecule has 2 atom stereocenters. The third kappa shape index (κ3) is 8.90. The number of hydrogen-bond acceptors (Lipinski definition) is 5. The Bertz CT molecular complexity index is 425. The van der Waals surface area contributed by atoms with Gasteiger partial charge in [0.2, 0.25) is 17.7 Å². The Labute approximate surface area is 129 Å². The van der Waals surface area contributed by atoms with Crippen molar-refractivity contribution < 1.29 is 24.3 Å². The van der Waals surface area contributed by atoms with Crippen molar-refractivity contribution in [2.45, 2.75) is 39.3 Å². The quantitative estimate of drug-likeness (QED) is 0.338. The summed E-state index contributed by atoms with van der Waals surface area (Å²) in [6.07, 6.45) is 0.498. The second-order valence-electron chi connectivity index (χ2n) is 5.35. The third-order valence-corrected chi connectivity index (χ3v) is 2.67. The van der Waals surface area contributed by atoms with Gasteiger partial charge in [0.15, 0.2) is 0 Å². The largest absolute Gasteiger partial charge is 0.480 e. The SMILES string of the molecule is CC(C)CC(N)C(=O)NC(C)C(=O)NCC(=O)NCC(=O)O. The molecule has 0 aromatic carbocycles. The van der Waals surface area contributed by atoms with Crippen LogP contribution in [0.2, 0.25) is 0 Å². The van der Waals surface area contributed by atoms with Gasteiger partial charge in [0, 0.05) is 0 Å². The first-order chi connectivity index (χ1) is 10.1. The van der Waals surface area contributed by atoms with Crippen molar-refractivity contribution in [1.29, 1.82) is 0 Å². The van der Waals surface area contributed by atoms with Gasteiger partial charge in [-0.3, -0.25) is 19.2 Å². The molecule has 0 aromatic rings. The van der Waals surface area contributed by atoms with E-state index in [0.717, 1.165) is 0 Å². The molecule has 126 valence electrons. The lowest BCUT2D eigenvalue weighted by Crippen LogP contribution is -2.51. The molecule has 6 N–H and O–H groups in total. The van der Waals surface area contributed by atoms with Crippen molar-refractivity contribution in [3.8, 4) is 0 Å². The van der Waals surface area contributed by atoms with Crippen LogP contribution < -0.4 is 21.7 Å². The number of aliphatic carboxylic acids is 1. The first-order valence-electron chi connectivity index (χ1n) is 6.95. The maximum Gasteiger partial charge on any atom is 0.322 e. The van der Waals surface area contributed by atoms with Crippen LogP contribution in [0.15, 0.2) is 0 Å². The Morgan fingerprint density at radius 3 is 2.09 bits per heavy atom.